The monoisotopic (exact) mass is 182 g/mol. The highest BCUT2D eigenvalue weighted by atomic mass is 16.6. The minimum absolute atomic E-state index is 0.0264. The Kier molecular flexibility index (Phi) is 2.63. The number of nitro groups is 1. The predicted octanol–water partition coefficient (Wildman–Crippen LogP) is 1.07. The van der Waals surface area contributed by atoms with Crippen molar-refractivity contribution in [2.24, 2.45) is 0 Å². The van der Waals surface area contributed by atoms with Crippen LogP contribution in [0.4, 0.5) is 17.2 Å². The summed E-state index contributed by atoms with van der Waals surface area (Å²) in [5.74, 6) is 0.593. The summed E-state index contributed by atoms with van der Waals surface area (Å²) in [6, 6.07) is 1.58. The first-order chi connectivity index (χ1) is 6.19. The molecule has 70 valence electrons. The van der Waals surface area contributed by atoms with Crippen molar-refractivity contribution in [3.63, 3.8) is 0 Å². The van der Waals surface area contributed by atoms with Gasteiger partial charge in [0.25, 0.3) is 0 Å². The van der Waals surface area contributed by atoms with Crippen molar-refractivity contribution in [2.75, 3.05) is 24.7 Å². The number of hydrogen-bond donors (Lipinski definition) is 2. The molecule has 0 fully saturated rings. The summed E-state index contributed by atoms with van der Waals surface area (Å²) < 4.78 is 0. The van der Waals surface area contributed by atoms with Crippen molar-refractivity contribution in [1.29, 1.82) is 0 Å². The largest absolute Gasteiger partial charge is 0.382 e. The molecule has 0 saturated heterocycles. The first kappa shape index (κ1) is 9.24. The van der Waals surface area contributed by atoms with Crippen LogP contribution in [0.15, 0.2) is 12.3 Å². The van der Waals surface area contributed by atoms with Gasteiger partial charge in [-0.25, -0.2) is 4.98 Å². The fourth-order valence-electron chi connectivity index (χ4n) is 0.931. The van der Waals surface area contributed by atoms with E-state index in [1.165, 1.54) is 6.20 Å². The topological polar surface area (TPSA) is 80.1 Å². The second kappa shape index (κ2) is 3.70. The molecule has 2 N–H and O–H groups in total. The van der Waals surface area contributed by atoms with Gasteiger partial charge in [0.05, 0.1) is 4.92 Å². The van der Waals surface area contributed by atoms with Gasteiger partial charge in [-0.15, -0.1) is 0 Å². The minimum Gasteiger partial charge on any atom is -0.382 e. The quantitative estimate of drug-likeness (QED) is 0.540. The van der Waals surface area contributed by atoms with Gasteiger partial charge < -0.3 is 10.6 Å². The summed E-state index contributed by atoms with van der Waals surface area (Å²) in [5, 5.41) is 16.0. The van der Waals surface area contributed by atoms with Crippen LogP contribution in [-0.4, -0.2) is 24.0 Å². The van der Waals surface area contributed by atoms with Crippen LogP contribution in [0.1, 0.15) is 0 Å². The summed E-state index contributed by atoms with van der Waals surface area (Å²) in [4.78, 5) is 13.8. The smallest absolute Gasteiger partial charge is 0.310 e. The average molecular weight is 182 g/mol. The second-order valence-corrected chi connectivity index (χ2v) is 2.34. The number of nitrogens with zero attached hydrogens (tertiary/aromatic N) is 2. The Labute approximate surface area is 75.1 Å². The fourth-order valence-corrected chi connectivity index (χ4v) is 0.931. The van der Waals surface area contributed by atoms with E-state index >= 15 is 0 Å². The third-order valence-electron chi connectivity index (χ3n) is 1.61. The number of anilines is 2. The van der Waals surface area contributed by atoms with Crippen LogP contribution in [0.25, 0.3) is 0 Å². The van der Waals surface area contributed by atoms with Gasteiger partial charge in [0, 0.05) is 20.2 Å². The van der Waals surface area contributed by atoms with Gasteiger partial charge in [-0.2, -0.15) is 0 Å². The van der Waals surface area contributed by atoms with E-state index in [9.17, 15) is 10.1 Å². The molecule has 0 aliphatic rings. The van der Waals surface area contributed by atoms with Crippen LogP contribution in [0.2, 0.25) is 0 Å². The van der Waals surface area contributed by atoms with E-state index in [-0.39, 0.29) is 5.69 Å². The molecular formula is C7H10N4O2. The van der Waals surface area contributed by atoms with Gasteiger partial charge in [0.1, 0.15) is 17.7 Å². The number of rotatable bonds is 3. The lowest BCUT2D eigenvalue weighted by Crippen LogP contribution is -2.00. The molecule has 0 saturated carbocycles. The zero-order chi connectivity index (χ0) is 9.84. The van der Waals surface area contributed by atoms with Crippen LogP contribution < -0.4 is 10.6 Å². The van der Waals surface area contributed by atoms with E-state index in [0.29, 0.717) is 11.5 Å². The van der Waals surface area contributed by atoms with Crippen molar-refractivity contribution in [2.45, 2.75) is 0 Å². The maximum atomic E-state index is 10.5. The molecule has 1 aromatic rings. The van der Waals surface area contributed by atoms with Crippen molar-refractivity contribution >= 4 is 17.2 Å². The van der Waals surface area contributed by atoms with E-state index in [0.717, 1.165) is 0 Å². The normalized spacial score (nSPS) is 9.38. The molecule has 0 bridgehead atoms. The zero-order valence-corrected chi connectivity index (χ0v) is 7.37. The van der Waals surface area contributed by atoms with E-state index in [2.05, 4.69) is 15.6 Å². The minimum atomic E-state index is -0.474. The summed E-state index contributed by atoms with van der Waals surface area (Å²) in [6.07, 6.45) is 1.22. The van der Waals surface area contributed by atoms with E-state index in [1.54, 1.807) is 20.2 Å². The second-order valence-electron chi connectivity index (χ2n) is 2.34. The Bertz CT molecular complexity index is 326. The van der Waals surface area contributed by atoms with E-state index in [1.807, 2.05) is 0 Å². The molecular weight excluding hydrogens is 172 g/mol. The third-order valence-corrected chi connectivity index (χ3v) is 1.61. The van der Waals surface area contributed by atoms with Crippen molar-refractivity contribution < 1.29 is 4.92 Å². The lowest BCUT2D eigenvalue weighted by atomic mass is 10.3. The van der Waals surface area contributed by atoms with Crippen LogP contribution in [0, 0.1) is 10.1 Å². The molecule has 0 spiro atoms. The third kappa shape index (κ3) is 1.84. The number of aromatic nitrogens is 1. The Morgan fingerprint density at radius 3 is 2.62 bits per heavy atom. The highest BCUT2D eigenvalue weighted by Gasteiger charge is 2.13. The maximum absolute atomic E-state index is 10.5. The van der Waals surface area contributed by atoms with Gasteiger partial charge in [0.2, 0.25) is 0 Å². The van der Waals surface area contributed by atoms with Crippen LogP contribution in [0.5, 0.6) is 0 Å². The summed E-state index contributed by atoms with van der Waals surface area (Å²) in [7, 11) is 3.33. The van der Waals surface area contributed by atoms with Crippen LogP contribution >= 0.6 is 0 Å². The summed E-state index contributed by atoms with van der Waals surface area (Å²) in [5.41, 5.74) is 0.422. The molecule has 1 rings (SSSR count). The molecule has 13 heavy (non-hydrogen) atoms. The number of pyridine rings is 1. The number of hydrogen-bond acceptors (Lipinski definition) is 5. The molecule has 0 aromatic carbocycles. The SMILES string of the molecule is CNc1cc(NC)c([N+](=O)[O-])cn1. The molecule has 6 heteroatoms. The molecule has 0 aliphatic carbocycles. The lowest BCUT2D eigenvalue weighted by molar-refractivity contribution is -0.384. The molecule has 0 atom stereocenters. The van der Waals surface area contributed by atoms with Crippen molar-refractivity contribution in [1.82, 2.24) is 4.98 Å². The van der Waals surface area contributed by atoms with Gasteiger partial charge >= 0.3 is 5.69 Å². The molecule has 0 amide bonds. The first-order valence-corrected chi connectivity index (χ1v) is 3.69. The summed E-state index contributed by atoms with van der Waals surface area (Å²) >= 11 is 0. The Hall–Kier alpha value is -1.85. The number of nitrogens with one attached hydrogen (secondary N) is 2. The maximum Gasteiger partial charge on any atom is 0.310 e. The fraction of sp³-hybridized carbons (Fsp3) is 0.286. The molecule has 1 heterocycles. The zero-order valence-electron chi connectivity index (χ0n) is 7.37. The Morgan fingerprint density at radius 2 is 2.15 bits per heavy atom. The van der Waals surface area contributed by atoms with Gasteiger partial charge in [-0.1, -0.05) is 0 Å². The highest BCUT2D eigenvalue weighted by Crippen LogP contribution is 2.24. The Balaban J connectivity index is 3.15. The predicted molar refractivity (Wildman–Crippen MR) is 50.0 cm³/mol. The molecule has 0 radical (unpaired) electrons. The van der Waals surface area contributed by atoms with Crippen LogP contribution in [-0.2, 0) is 0 Å². The average Bonchev–Trinajstić information content (AvgIpc) is 2.16. The van der Waals surface area contributed by atoms with Gasteiger partial charge in [-0.05, 0) is 0 Å². The standard InChI is InChI=1S/C7H10N4O2/c1-8-5-3-7(9-2)10-4-6(5)11(12)13/h3-4H,1-2H3,(H2,8,9,10). The molecule has 1 aromatic heterocycles. The molecule has 0 unspecified atom stereocenters. The van der Waals surface area contributed by atoms with Crippen molar-refractivity contribution in [3.05, 3.63) is 22.4 Å². The highest BCUT2D eigenvalue weighted by molar-refractivity contribution is 5.64. The Morgan fingerprint density at radius 1 is 1.46 bits per heavy atom. The van der Waals surface area contributed by atoms with Gasteiger partial charge in [0.15, 0.2) is 0 Å². The molecule has 6 nitrogen and oxygen atoms in total. The van der Waals surface area contributed by atoms with Crippen molar-refractivity contribution in [3.8, 4) is 0 Å². The van der Waals surface area contributed by atoms with Crippen LogP contribution in [0.3, 0.4) is 0 Å². The van der Waals surface area contributed by atoms with E-state index < -0.39 is 4.92 Å². The van der Waals surface area contributed by atoms with E-state index in [4.69, 9.17) is 0 Å². The molecule has 0 aliphatic heterocycles. The lowest BCUT2D eigenvalue weighted by Gasteiger charge is -2.03. The summed E-state index contributed by atoms with van der Waals surface area (Å²) in [6.45, 7) is 0. The van der Waals surface area contributed by atoms with Gasteiger partial charge in [-0.3, -0.25) is 10.1 Å². The first-order valence-electron chi connectivity index (χ1n) is 3.69.